The van der Waals surface area contributed by atoms with Crippen LogP contribution in [-0.2, 0) is 14.8 Å². The Balaban J connectivity index is 0.00000512. The first-order valence-corrected chi connectivity index (χ1v) is 13.0. The Morgan fingerprint density at radius 2 is 2.09 bits per heavy atom. The first-order chi connectivity index (χ1) is 14.8. The van der Waals surface area contributed by atoms with E-state index >= 15 is 0 Å². The van der Waals surface area contributed by atoms with Crippen molar-refractivity contribution >= 4 is 56.0 Å². The van der Waals surface area contributed by atoms with Crippen LogP contribution in [0.3, 0.4) is 0 Å². The molecule has 0 unspecified atom stereocenters. The second kappa shape index (κ2) is 14.4. The summed E-state index contributed by atoms with van der Waals surface area (Å²) in [5, 5.41) is 3.47. The standard InChI is InChI=1S/C20H26N5O3S3.Na/c1-3-15(4-2)6-5-11-22-31(27,28)13-12-25-19(26)18(30-20(25)29)14-16-7-9-17(10-8-16)23-24-21;/h7,9-10,14-15,22H,3-6,11-13H2,1-2H3;/q-1;+1. The van der Waals surface area contributed by atoms with Gasteiger partial charge >= 0.3 is 29.6 Å². The van der Waals surface area contributed by atoms with Gasteiger partial charge in [-0.2, -0.15) is 0 Å². The third-order valence-electron chi connectivity index (χ3n) is 4.99. The van der Waals surface area contributed by atoms with E-state index in [1.54, 1.807) is 18.2 Å². The molecule has 0 aromatic heterocycles. The molecule has 0 radical (unpaired) electrons. The van der Waals surface area contributed by atoms with Gasteiger partial charge < -0.3 is 0 Å². The van der Waals surface area contributed by atoms with Gasteiger partial charge in [0.15, 0.2) is 0 Å². The number of carbonyl (C=O) groups excluding carboxylic acids is 1. The molecule has 0 bridgehead atoms. The smallest absolute Gasteiger partial charge is 0.293 e. The van der Waals surface area contributed by atoms with Gasteiger partial charge in [0.05, 0.1) is 5.75 Å². The van der Waals surface area contributed by atoms with Crippen LogP contribution in [-0.4, -0.2) is 42.4 Å². The van der Waals surface area contributed by atoms with E-state index in [0.29, 0.717) is 32.9 Å². The Bertz CT molecular complexity index is 973. The summed E-state index contributed by atoms with van der Waals surface area (Å²) in [6.45, 7) is 4.69. The van der Waals surface area contributed by atoms with Crippen molar-refractivity contribution in [2.45, 2.75) is 39.5 Å². The predicted molar refractivity (Wildman–Crippen MR) is 129 cm³/mol. The van der Waals surface area contributed by atoms with E-state index in [-0.39, 0.29) is 47.8 Å². The number of carbonyl (C=O) groups is 1. The number of benzene rings is 1. The molecule has 1 heterocycles. The van der Waals surface area contributed by atoms with Gasteiger partial charge in [-0.1, -0.05) is 50.7 Å². The fraction of sp³-hybridized carbons (Fsp3) is 0.500. The van der Waals surface area contributed by atoms with Crippen LogP contribution < -0.4 is 34.3 Å². The molecule has 0 spiro atoms. The van der Waals surface area contributed by atoms with Crippen molar-refractivity contribution in [2.75, 3.05) is 18.8 Å². The van der Waals surface area contributed by atoms with Crippen LogP contribution in [0.1, 0.15) is 45.1 Å². The quantitative estimate of drug-likeness (QED) is 0.0682. The van der Waals surface area contributed by atoms with Crippen molar-refractivity contribution in [3.8, 4) is 0 Å². The molecule has 1 aromatic carbocycles. The van der Waals surface area contributed by atoms with E-state index < -0.39 is 10.0 Å². The van der Waals surface area contributed by atoms with Crippen LogP contribution in [0.25, 0.3) is 16.5 Å². The Labute approximate surface area is 221 Å². The zero-order valence-corrected chi connectivity index (χ0v) is 23.0. The number of thiocarbonyl (C=S) groups is 1. The molecule has 1 aliphatic rings. The summed E-state index contributed by atoms with van der Waals surface area (Å²) in [5.74, 6) is 0.0929. The van der Waals surface area contributed by atoms with Gasteiger partial charge in [-0.25, -0.2) is 13.1 Å². The van der Waals surface area contributed by atoms with Gasteiger partial charge in [0, 0.05) is 18.0 Å². The van der Waals surface area contributed by atoms with E-state index in [4.69, 9.17) is 17.7 Å². The minimum absolute atomic E-state index is 0. The minimum atomic E-state index is -3.49. The maximum atomic E-state index is 12.7. The summed E-state index contributed by atoms with van der Waals surface area (Å²) in [6.07, 6.45) is 5.62. The van der Waals surface area contributed by atoms with Gasteiger partial charge in [-0.05, 0) is 34.9 Å². The van der Waals surface area contributed by atoms with E-state index in [0.717, 1.165) is 37.4 Å². The van der Waals surface area contributed by atoms with Crippen molar-refractivity contribution < 1.29 is 42.8 Å². The summed E-state index contributed by atoms with van der Waals surface area (Å²) in [6, 6.07) is 7.74. The third-order valence-corrected chi connectivity index (χ3v) is 7.73. The van der Waals surface area contributed by atoms with Crippen molar-refractivity contribution in [2.24, 2.45) is 11.0 Å². The number of nitrogens with zero attached hydrogens (tertiary/aromatic N) is 4. The summed E-state index contributed by atoms with van der Waals surface area (Å²) in [7, 11) is -3.49. The molecule has 1 aromatic rings. The summed E-state index contributed by atoms with van der Waals surface area (Å²) >= 11 is 6.39. The molecule has 168 valence electrons. The van der Waals surface area contributed by atoms with E-state index in [1.165, 1.54) is 11.0 Å². The molecule has 1 aliphatic heterocycles. The van der Waals surface area contributed by atoms with Gasteiger partial charge in [0.1, 0.15) is 4.32 Å². The third kappa shape index (κ3) is 9.15. The number of azide groups is 1. The number of hydrogen-bond acceptors (Lipinski definition) is 6. The molecule has 32 heavy (non-hydrogen) atoms. The van der Waals surface area contributed by atoms with Crippen LogP contribution in [0, 0.1) is 12.0 Å². The van der Waals surface area contributed by atoms with Gasteiger partial charge in [-0.15, -0.1) is 41.0 Å². The fourth-order valence-electron chi connectivity index (χ4n) is 3.07. The molecule has 8 nitrogen and oxygen atoms in total. The van der Waals surface area contributed by atoms with Crippen LogP contribution in [0.4, 0.5) is 5.69 Å². The van der Waals surface area contributed by atoms with Gasteiger partial charge in [0.2, 0.25) is 10.0 Å². The molecule has 0 atom stereocenters. The minimum Gasteiger partial charge on any atom is -0.293 e. The molecule has 2 rings (SSSR count). The number of thioether (sulfide) groups is 1. The second-order valence-electron chi connectivity index (χ2n) is 7.06. The SMILES string of the molecule is CCC(CC)CCCNS(=O)(=O)CCN1C(=O)C(=Cc2[c-]cc(N=[N+]=[N-])cc2)SC1=S.[Na+]. The summed E-state index contributed by atoms with van der Waals surface area (Å²) in [5.41, 5.74) is 9.49. The van der Waals surface area contributed by atoms with Crippen LogP contribution in [0.5, 0.6) is 0 Å². The number of sulfonamides is 1. The Morgan fingerprint density at radius 3 is 2.69 bits per heavy atom. The topological polar surface area (TPSA) is 115 Å². The van der Waals surface area contributed by atoms with Crippen molar-refractivity contribution in [1.82, 2.24) is 9.62 Å². The Hall–Kier alpha value is -0.910. The first kappa shape index (κ1) is 29.1. The van der Waals surface area contributed by atoms with Gasteiger partial charge in [-0.3, -0.25) is 9.69 Å². The maximum absolute atomic E-state index is 12.7. The van der Waals surface area contributed by atoms with Crippen LogP contribution in [0.2, 0.25) is 0 Å². The molecule has 12 heteroatoms. The largest absolute Gasteiger partial charge is 1.00 e. The zero-order chi connectivity index (χ0) is 22.9. The zero-order valence-electron chi connectivity index (χ0n) is 18.6. The summed E-state index contributed by atoms with van der Waals surface area (Å²) in [4.78, 5) is 17.1. The second-order valence-corrected chi connectivity index (χ2v) is 10.7. The molecule has 0 saturated carbocycles. The number of rotatable bonds is 12. The molecule has 0 aliphatic carbocycles. The molecular formula is C20H26N5NaO3S3. The predicted octanol–water partition coefficient (Wildman–Crippen LogP) is 1.77. The molecule has 1 fully saturated rings. The van der Waals surface area contributed by atoms with Gasteiger partial charge in [0.25, 0.3) is 5.91 Å². The number of amides is 1. The monoisotopic (exact) mass is 503 g/mol. The van der Waals surface area contributed by atoms with Crippen LogP contribution in [0.15, 0.2) is 28.2 Å². The Morgan fingerprint density at radius 1 is 1.38 bits per heavy atom. The van der Waals surface area contributed by atoms with E-state index in [1.807, 2.05) is 0 Å². The first-order valence-electron chi connectivity index (χ1n) is 10.1. The molecular weight excluding hydrogens is 477 g/mol. The van der Waals surface area contributed by atoms with E-state index in [9.17, 15) is 13.2 Å². The normalized spacial score (nSPS) is 15.2. The van der Waals surface area contributed by atoms with E-state index in [2.05, 4.69) is 34.7 Å². The molecule has 1 saturated heterocycles. The summed E-state index contributed by atoms with van der Waals surface area (Å²) < 4.78 is 27.5. The van der Waals surface area contributed by atoms with Crippen molar-refractivity contribution in [3.63, 3.8) is 0 Å². The maximum Gasteiger partial charge on any atom is 1.00 e. The molecule has 1 amide bonds. The fourth-order valence-corrected chi connectivity index (χ4v) is 5.39. The average Bonchev–Trinajstić information content (AvgIpc) is 3.01. The van der Waals surface area contributed by atoms with Crippen LogP contribution >= 0.6 is 24.0 Å². The van der Waals surface area contributed by atoms with Crippen molar-refractivity contribution in [1.29, 1.82) is 0 Å². The van der Waals surface area contributed by atoms with Crippen molar-refractivity contribution in [3.05, 3.63) is 45.2 Å². The Kier molecular flexibility index (Phi) is 13.1. The number of hydrogen-bond donors (Lipinski definition) is 1. The molecule has 1 N–H and O–H groups in total. The average molecular weight is 504 g/mol. The number of nitrogens with one attached hydrogen (secondary N) is 1.